The van der Waals surface area contributed by atoms with Gasteiger partial charge in [-0.15, -0.1) is 0 Å². The highest BCUT2D eigenvalue weighted by Gasteiger charge is 1.90. The second-order valence-electron chi connectivity index (χ2n) is 2.11. The standard InChI is InChI=1S/C7H13NO/c1-7(9)5-3-4-6-8-2/h2-6H2,1H3. The highest BCUT2D eigenvalue weighted by molar-refractivity contribution is 5.75. The predicted octanol–water partition coefficient (Wildman–Crippen LogP) is 1.45. The summed E-state index contributed by atoms with van der Waals surface area (Å²) < 4.78 is 0. The number of unbranched alkanes of at least 4 members (excludes halogenated alkanes) is 1. The van der Waals surface area contributed by atoms with E-state index < -0.39 is 0 Å². The molecule has 0 amide bonds. The lowest BCUT2D eigenvalue weighted by atomic mass is 10.2. The summed E-state index contributed by atoms with van der Waals surface area (Å²) in [6, 6.07) is 0. The summed E-state index contributed by atoms with van der Waals surface area (Å²) in [5.41, 5.74) is 0. The van der Waals surface area contributed by atoms with Crippen molar-refractivity contribution in [2.45, 2.75) is 26.2 Å². The van der Waals surface area contributed by atoms with Gasteiger partial charge in [0.15, 0.2) is 0 Å². The number of rotatable bonds is 5. The van der Waals surface area contributed by atoms with E-state index >= 15 is 0 Å². The Bertz CT molecular complexity index is 99.1. The van der Waals surface area contributed by atoms with Crippen molar-refractivity contribution in [1.29, 1.82) is 0 Å². The summed E-state index contributed by atoms with van der Waals surface area (Å²) in [6.07, 6.45) is 2.63. The van der Waals surface area contributed by atoms with E-state index in [0.29, 0.717) is 6.42 Å². The van der Waals surface area contributed by atoms with E-state index in [1.165, 1.54) is 0 Å². The van der Waals surface area contributed by atoms with E-state index in [2.05, 4.69) is 11.7 Å². The molecule has 0 bridgehead atoms. The first-order valence-corrected chi connectivity index (χ1v) is 3.19. The molecule has 0 unspecified atom stereocenters. The van der Waals surface area contributed by atoms with Crippen LogP contribution in [0.15, 0.2) is 4.99 Å². The van der Waals surface area contributed by atoms with E-state index in [-0.39, 0.29) is 5.78 Å². The minimum Gasteiger partial charge on any atom is -0.301 e. The van der Waals surface area contributed by atoms with Crippen molar-refractivity contribution in [2.24, 2.45) is 4.99 Å². The Morgan fingerprint density at radius 1 is 1.56 bits per heavy atom. The van der Waals surface area contributed by atoms with Gasteiger partial charge in [-0.3, -0.25) is 0 Å². The van der Waals surface area contributed by atoms with Crippen LogP contribution in [-0.4, -0.2) is 19.0 Å². The fourth-order valence-corrected chi connectivity index (χ4v) is 0.598. The Balaban J connectivity index is 2.91. The number of Topliss-reactive ketones (excluding diaryl/α,β-unsaturated/α-hetero) is 1. The molecule has 0 N–H and O–H groups in total. The smallest absolute Gasteiger partial charge is 0.129 e. The van der Waals surface area contributed by atoms with Crippen LogP contribution in [-0.2, 0) is 4.79 Å². The molecule has 0 heterocycles. The van der Waals surface area contributed by atoms with E-state index in [9.17, 15) is 4.79 Å². The Hall–Kier alpha value is -0.660. The monoisotopic (exact) mass is 127 g/mol. The van der Waals surface area contributed by atoms with Crippen LogP contribution in [0.3, 0.4) is 0 Å². The highest BCUT2D eigenvalue weighted by Crippen LogP contribution is 1.95. The van der Waals surface area contributed by atoms with Crippen LogP contribution in [0.25, 0.3) is 0 Å². The number of carbonyl (C=O) groups excluding carboxylic acids is 1. The molecule has 0 aromatic carbocycles. The third-order valence-corrected chi connectivity index (χ3v) is 1.10. The Labute approximate surface area is 56.0 Å². The average Bonchev–Trinajstić information content (AvgIpc) is 1.80. The van der Waals surface area contributed by atoms with Gasteiger partial charge < -0.3 is 9.79 Å². The van der Waals surface area contributed by atoms with Crippen LogP contribution in [0, 0.1) is 0 Å². The number of carbonyl (C=O) groups is 1. The third-order valence-electron chi connectivity index (χ3n) is 1.10. The zero-order chi connectivity index (χ0) is 7.11. The molecule has 52 valence electrons. The first-order chi connectivity index (χ1) is 4.27. The van der Waals surface area contributed by atoms with E-state index in [0.717, 1.165) is 19.4 Å². The lowest BCUT2D eigenvalue weighted by Crippen LogP contribution is -1.90. The van der Waals surface area contributed by atoms with Crippen molar-refractivity contribution in [2.75, 3.05) is 6.54 Å². The maximum atomic E-state index is 10.4. The molecule has 0 spiro atoms. The number of aliphatic imine (C=N–C) groups is 1. The van der Waals surface area contributed by atoms with Gasteiger partial charge in [0, 0.05) is 13.0 Å². The van der Waals surface area contributed by atoms with Crippen LogP contribution in [0.4, 0.5) is 0 Å². The van der Waals surface area contributed by atoms with Crippen molar-refractivity contribution in [3.8, 4) is 0 Å². The van der Waals surface area contributed by atoms with Gasteiger partial charge in [-0.2, -0.15) is 0 Å². The van der Waals surface area contributed by atoms with E-state index in [1.807, 2.05) is 0 Å². The second-order valence-corrected chi connectivity index (χ2v) is 2.11. The molecule has 9 heavy (non-hydrogen) atoms. The first-order valence-electron chi connectivity index (χ1n) is 3.19. The van der Waals surface area contributed by atoms with E-state index in [4.69, 9.17) is 0 Å². The maximum Gasteiger partial charge on any atom is 0.129 e. The van der Waals surface area contributed by atoms with Crippen molar-refractivity contribution < 1.29 is 4.79 Å². The average molecular weight is 127 g/mol. The molecule has 2 nitrogen and oxygen atoms in total. The topological polar surface area (TPSA) is 29.4 Å². The van der Waals surface area contributed by atoms with Gasteiger partial charge in [-0.05, 0) is 26.5 Å². The molecule has 0 aliphatic heterocycles. The molecule has 0 rings (SSSR count). The second kappa shape index (κ2) is 5.48. The van der Waals surface area contributed by atoms with Crippen LogP contribution in [0.2, 0.25) is 0 Å². The zero-order valence-corrected chi connectivity index (χ0v) is 5.89. The molecular formula is C7H13NO. The molecule has 0 radical (unpaired) electrons. The van der Waals surface area contributed by atoms with Gasteiger partial charge in [-0.25, -0.2) is 0 Å². The van der Waals surface area contributed by atoms with E-state index in [1.54, 1.807) is 6.92 Å². The zero-order valence-electron chi connectivity index (χ0n) is 5.89. The number of ketones is 1. The van der Waals surface area contributed by atoms with Gasteiger partial charge >= 0.3 is 0 Å². The van der Waals surface area contributed by atoms with Gasteiger partial charge in [0.05, 0.1) is 0 Å². The summed E-state index contributed by atoms with van der Waals surface area (Å²) in [5, 5.41) is 0. The Morgan fingerprint density at radius 2 is 2.22 bits per heavy atom. The molecule has 2 heteroatoms. The lowest BCUT2D eigenvalue weighted by molar-refractivity contribution is -0.117. The molecule has 0 aliphatic rings. The van der Waals surface area contributed by atoms with Crippen molar-refractivity contribution in [3.05, 3.63) is 0 Å². The van der Waals surface area contributed by atoms with Crippen LogP contribution in [0.5, 0.6) is 0 Å². The van der Waals surface area contributed by atoms with Crippen LogP contribution < -0.4 is 0 Å². The van der Waals surface area contributed by atoms with Gasteiger partial charge in [0.2, 0.25) is 0 Å². The molecule has 0 aliphatic carbocycles. The van der Waals surface area contributed by atoms with Gasteiger partial charge in [0.25, 0.3) is 0 Å². The normalized spacial score (nSPS) is 9.00. The fourth-order valence-electron chi connectivity index (χ4n) is 0.598. The molecule has 0 saturated carbocycles. The molecular weight excluding hydrogens is 114 g/mol. The summed E-state index contributed by atoms with van der Waals surface area (Å²) in [6.45, 7) is 5.74. The summed E-state index contributed by atoms with van der Waals surface area (Å²) >= 11 is 0. The van der Waals surface area contributed by atoms with Crippen molar-refractivity contribution >= 4 is 12.5 Å². The molecule has 0 atom stereocenters. The third kappa shape index (κ3) is 7.34. The van der Waals surface area contributed by atoms with Crippen LogP contribution in [0.1, 0.15) is 26.2 Å². The number of hydrogen-bond donors (Lipinski definition) is 0. The van der Waals surface area contributed by atoms with Crippen molar-refractivity contribution in [3.63, 3.8) is 0 Å². The number of nitrogens with zero attached hydrogens (tertiary/aromatic N) is 1. The van der Waals surface area contributed by atoms with Gasteiger partial charge in [0.1, 0.15) is 5.78 Å². The first kappa shape index (κ1) is 8.34. The largest absolute Gasteiger partial charge is 0.301 e. The number of hydrogen-bond acceptors (Lipinski definition) is 2. The summed E-state index contributed by atoms with van der Waals surface area (Å²) in [7, 11) is 0. The molecule has 0 aromatic heterocycles. The maximum absolute atomic E-state index is 10.4. The van der Waals surface area contributed by atoms with Crippen molar-refractivity contribution in [1.82, 2.24) is 0 Å². The summed E-state index contributed by atoms with van der Waals surface area (Å²) in [4.78, 5) is 14.0. The van der Waals surface area contributed by atoms with Gasteiger partial charge in [-0.1, -0.05) is 0 Å². The van der Waals surface area contributed by atoms with Crippen LogP contribution >= 0.6 is 0 Å². The predicted molar refractivity (Wildman–Crippen MR) is 38.9 cm³/mol. The Kier molecular flexibility index (Phi) is 5.07. The SMILES string of the molecule is C=NCCCCC(C)=O. The summed E-state index contributed by atoms with van der Waals surface area (Å²) in [5.74, 6) is 0.263. The lowest BCUT2D eigenvalue weighted by Gasteiger charge is -1.91. The molecule has 0 aromatic rings. The Morgan fingerprint density at radius 3 is 2.67 bits per heavy atom. The minimum atomic E-state index is 0.263. The minimum absolute atomic E-state index is 0.263. The fraction of sp³-hybridized carbons (Fsp3) is 0.714. The quantitative estimate of drug-likeness (QED) is 0.406. The molecule has 0 fully saturated rings. The highest BCUT2D eigenvalue weighted by atomic mass is 16.1. The molecule has 0 saturated heterocycles.